The molecular weight excluding hydrogens is 258 g/mol. The number of hydrogen-bond acceptors (Lipinski definition) is 3. The lowest BCUT2D eigenvalue weighted by atomic mass is 10.0. The normalized spacial score (nSPS) is 11.4. The molecule has 0 saturated carbocycles. The van der Waals surface area contributed by atoms with Crippen LogP contribution in [-0.4, -0.2) is 24.1 Å². The molecular formula is C18H23N3. The average molecular weight is 281 g/mol. The van der Waals surface area contributed by atoms with Crippen LogP contribution in [0.1, 0.15) is 26.3 Å². The van der Waals surface area contributed by atoms with Crippen molar-refractivity contribution in [1.29, 1.82) is 0 Å². The van der Waals surface area contributed by atoms with E-state index in [0.29, 0.717) is 6.54 Å². The Hall–Kier alpha value is -2.05. The molecule has 110 valence electrons. The molecule has 2 aromatic rings. The molecule has 0 spiro atoms. The van der Waals surface area contributed by atoms with Crippen molar-refractivity contribution in [3.05, 3.63) is 36.0 Å². The highest BCUT2D eigenvalue weighted by atomic mass is 15.2. The molecule has 0 aliphatic carbocycles. The van der Waals surface area contributed by atoms with Gasteiger partial charge in [-0.15, -0.1) is 6.42 Å². The van der Waals surface area contributed by atoms with Crippen LogP contribution >= 0.6 is 0 Å². The summed E-state index contributed by atoms with van der Waals surface area (Å²) >= 11 is 0. The lowest BCUT2D eigenvalue weighted by molar-refractivity contribution is 0.425. The van der Waals surface area contributed by atoms with Crippen molar-refractivity contribution in [3.8, 4) is 12.3 Å². The molecule has 21 heavy (non-hydrogen) atoms. The Labute approximate surface area is 127 Å². The number of fused-ring (bicyclic) bond motifs is 1. The predicted molar refractivity (Wildman–Crippen MR) is 90.4 cm³/mol. The average Bonchev–Trinajstić information content (AvgIpc) is 2.44. The van der Waals surface area contributed by atoms with Crippen molar-refractivity contribution in [2.24, 2.45) is 0 Å². The summed E-state index contributed by atoms with van der Waals surface area (Å²) < 4.78 is 0. The molecule has 2 rings (SSSR count). The summed E-state index contributed by atoms with van der Waals surface area (Å²) in [4.78, 5) is 6.62. The largest absolute Gasteiger partial charge is 0.348 e. The van der Waals surface area contributed by atoms with Gasteiger partial charge < -0.3 is 10.2 Å². The van der Waals surface area contributed by atoms with E-state index in [9.17, 15) is 0 Å². The van der Waals surface area contributed by atoms with Gasteiger partial charge in [0.15, 0.2) is 0 Å². The fourth-order valence-electron chi connectivity index (χ4n) is 2.25. The Morgan fingerprint density at radius 3 is 2.52 bits per heavy atom. The van der Waals surface area contributed by atoms with Gasteiger partial charge in [0.1, 0.15) is 5.82 Å². The van der Waals surface area contributed by atoms with Gasteiger partial charge in [-0.25, -0.2) is 4.98 Å². The third-order valence-corrected chi connectivity index (χ3v) is 3.36. The molecule has 0 fully saturated rings. The lowest BCUT2D eigenvalue weighted by Crippen LogP contribution is -2.35. The van der Waals surface area contributed by atoms with Crippen molar-refractivity contribution in [2.75, 3.05) is 18.5 Å². The van der Waals surface area contributed by atoms with E-state index in [1.807, 2.05) is 24.2 Å². The first-order valence-corrected chi connectivity index (χ1v) is 7.18. The number of nitrogens with one attached hydrogen (secondary N) is 1. The molecule has 0 bridgehead atoms. The van der Waals surface area contributed by atoms with Crippen LogP contribution in [0.25, 0.3) is 10.8 Å². The number of anilines is 1. The fourth-order valence-corrected chi connectivity index (χ4v) is 2.25. The Kier molecular flexibility index (Phi) is 4.50. The van der Waals surface area contributed by atoms with Crippen molar-refractivity contribution in [2.45, 2.75) is 32.9 Å². The third-order valence-electron chi connectivity index (χ3n) is 3.36. The molecule has 0 atom stereocenters. The molecule has 3 nitrogen and oxygen atoms in total. The highest BCUT2D eigenvalue weighted by molar-refractivity contribution is 5.94. The van der Waals surface area contributed by atoms with E-state index in [1.54, 1.807) is 0 Å². The Bertz CT molecular complexity index is 662. The summed E-state index contributed by atoms with van der Waals surface area (Å²) in [5.74, 6) is 3.60. The summed E-state index contributed by atoms with van der Waals surface area (Å²) in [6, 6.07) is 8.35. The summed E-state index contributed by atoms with van der Waals surface area (Å²) in [5, 5.41) is 5.89. The van der Waals surface area contributed by atoms with Crippen LogP contribution in [0.15, 0.2) is 30.5 Å². The zero-order valence-electron chi connectivity index (χ0n) is 13.3. The van der Waals surface area contributed by atoms with E-state index >= 15 is 0 Å². The molecule has 1 N–H and O–H groups in total. The monoisotopic (exact) mass is 281 g/mol. The number of benzene rings is 1. The lowest BCUT2D eigenvalue weighted by Gasteiger charge is -2.22. The third kappa shape index (κ3) is 3.74. The van der Waals surface area contributed by atoms with Crippen molar-refractivity contribution < 1.29 is 0 Å². The van der Waals surface area contributed by atoms with Gasteiger partial charge in [0.2, 0.25) is 0 Å². The van der Waals surface area contributed by atoms with Crippen LogP contribution in [0.5, 0.6) is 0 Å². The van der Waals surface area contributed by atoms with Gasteiger partial charge in [-0.1, -0.05) is 30.2 Å². The smallest absolute Gasteiger partial charge is 0.136 e. The molecule has 0 radical (unpaired) electrons. The second kappa shape index (κ2) is 6.15. The Morgan fingerprint density at radius 2 is 1.90 bits per heavy atom. The first-order valence-electron chi connectivity index (χ1n) is 7.18. The molecule has 1 aromatic heterocycles. The Balaban J connectivity index is 2.43. The van der Waals surface area contributed by atoms with Gasteiger partial charge in [0.05, 0.1) is 6.54 Å². The molecule has 3 heteroatoms. The topological polar surface area (TPSA) is 28.2 Å². The zero-order chi connectivity index (χ0) is 15.5. The van der Waals surface area contributed by atoms with Crippen LogP contribution < -0.4 is 10.2 Å². The molecule has 0 saturated heterocycles. The maximum Gasteiger partial charge on any atom is 0.136 e. The summed E-state index contributed by atoms with van der Waals surface area (Å²) in [6.07, 6.45) is 7.35. The number of terminal acetylenes is 1. The standard InChI is InChI=1S/C18H23N3/c1-6-11-21(5)17-16-10-8-7-9-15(16)14(12-19-17)13-20-18(2,3)4/h1,7-10,12,20H,11,13H2,2-5H3. The molecule has 0 aliphatic rings. The van der Waals surface area contributed by atoms with Crippen molar-refractivity contribution in [1.82, 2.24) is 10.3 Å². The predicted octanol–water partition coefficient (Wildman–Crippen LogP) is 3.19. The first kappa shape index (κ1) is 15.3. The van der Waals surface area contributed by atoms with Gasteiger partial charge in [-0.2, -0.15) is 0 Å². The van der Waals surface area contributed by atoms with E-state index in [4.69, 9.17) is 6.42 Å². The van der Waals surface area contributed by atoms with E-state index in [1.165, 1.54) is 10.9 Å². The Morgan fingerprint density at radius 1 is 1.24 bits per heavy atom. The second-order valence-electron chi connectivity index (χ2n) is 6.32. The quantitative estimate of drug-likeness (QED) is 0.872. The minimum absolute atomic E-state index is 0.0834. The van der Waals surface area contributed by atoms with Crippen molar-refractivity contribution in [3.63, 3.8) is 0 Å². The van der Waals surface area contributed by atoms with Gasteiger partial charge >= 0.3 is 0 Å². The summed E-state index contributed by atoms with van der Waals surface area (Å²) in [5.41, 5.74) is 1.29. The second-order valence-corrected chi connectivity index (χ2v) is 6.32. The SMILES string of the molecule is C#CCN(C)c1ncc(CNC(C)(C)C)c2ccccc12. The van der Waals surface area contributed by atoms with Crippen LogP contribution in [0, 0.1) is 12.3 Å². The maximum absolute atomic E-state index is 5.41. The minimum Gasteiger partial charge on any atom is -0.348 e. The number of pyridine rings is 1. The maximum atomic E-state index is 5.41. The van der Waals surface area contributed by atoms with Gasteiger partial charge in [0, 0.05) is 30.7 Å². The summed E-state index contributed by atoms with van der Waals surface area (Å²) in [6.45, 7) is 7.85. The highest BCUT2D eigenvalue weighted by Crippen LogP contribution is 2.26. The number of nitrogens with zero attached hydrogens (tertiary/aromatic N) is 2. The number of rotatable bonds is 4. The number of aromatic nitrogens is 1. The van der Waals surface area contributed by atoms with Crippen LogP contribution in [0.3, 0.4) is 0 Å². The van der Waals surface area contributed by atoms with Crippen LogP contribution in [-0.2, 0) is 6.54 Å². The number of hydrogen-bond donors (Lipinski definition) is 1. The summed E-state index contributed by atoms with van der Waals surface area (Å²) in [7, 11) is 1.97. The van der Waals surface area contributed by atoms with E-state index in [0.717, 1.165) is 17.7 Å². The highest BCUT2D eigenvalue weighted by Gasteiger charge is 2.13. The molecule has 0 aliphatic heterocycles. The first-order chi connectivity index (χ1) is 9.92. The minimum atomic E-state index is 0.0834. The molecule has 1 heterocycles. The van der Waals surface area contributed by atoms with Gasteiger partial charge in [-0.05, 0) is 31.7 Å². The van der Waals surface area contributed by atoms with Gasteiger partial charge in [0.25, 0.3) is 0 Å². The van der Waals surface area contributed by atoms with Crippen LogP contribution in [0.4, 0.5) is 5.82 Å². The molecule has 1 aromatic carbocycles. The van der Waals surface area contributed by atoms with E-state index in [-0.39, 0.29) is 5.54 Å². The van der Waals surface area contributed by atoms with Crippen molar-refractivity contribution >= 4 is 16.6 Å². The van der Waals surface area contributed by atoms with Gasteiger partial charge in [-0.3, -0.25) is 0 Å². The molecule has 0 amide bonds. The van der Waals surface area contributed by atoms with E-state index < -0.39 is 0 Å². The van der Waals surface area contributed by atoms with Crippen LogP contribution in [0.2, 0.25) is 0 Å². The zero-order valence-corrected chi connectivity index (χ0v) is 13.3. The van der Waals surface area contributed by atoms with E-state index in [2.05, 4.69) is 55.2 Å². The fraction of sp³-hybridized carbons (Fsp3) is 0.389. The molecule has 0 unspecified atom stereocenters.